The summed E-state index contributed by atoms with van der Waals surface area (Å²) in [5.74, 6) is 0.838. The smallest absolute Gasteiger partial charge is 0.125 e. The van der Waals surface area contributed by atoms with E-state index in [1.807, 2.05) is 18.4 Å². The Bertz CT molecular complexity index is 398. The molecule has 1 aliphatic carbocycles. The Balaban J connectivity index is 1.89. The molecule has 2 aliphatic rings. The topological polar surface area (TPSA) is 34.1 Å². The van der Waals surface area contributed by atoms with Crippen molar-refractivity contribution in [3.8, 4) is 0 Å². The van der Waals surface area contributed by atoms with E-state index >= 15 is 0 Å². The molecule has 18 heavy (non-hydrogen) atoms. The van der Waals surface area contributed by atoms with E-state index in [1.54, 1.807) is 0 Å². The number of hydrogen-bond acceptors (Lipinski definition) is 4. The Labute approximate surface area is 113 Å². The minimum atomic E-state index is -0.0888. The monoisotopic (exact) mass is 266 g/mol. The Morgan fingerprint density at radius 3 is 2.83 bits per heavy atom. The van der Waals surface area contributed by atoms with Crippen LogP contribution in [-0.4, -0.2) is 18.6 Å². The van der Waals surface area contributed by atoms with Gasteiger partial charge in [-0.1, -0.05) is 6.92 Å². The summed E-state index contributed by atoms with van der Waals surface area (Å²) in [6, 6.07) is 0. The van der Waals surface area contributed by atoms with E-state index in [0.29, 0.717) is 0 Å². The van der Waals surface area contributed by atoms with Crippen molar-refractivity contribution >= 4 is 11.3 Å². The summed E-state index contributed by atoms with van der Waals surface area (Å²) in [6.45, 7) is 4.40. The van der Waals surface area contributed by atoms with E-state index in [0.717, 1.165) is 38.3 Å². The van der Waals surface area contributed by atoms with Gasteiger partial charge in [0, 0.05) is 31.5 Å². The van der Waals surface area contributed by atoms with Crippen LogP contribution in [0.3, 0.4) is 0 Å². The van der Waals surface area contributed by atoms with Gasteiger partial charge in [-0.15, -0.1) is 11.3 Å². The van der Waals surface area contributed by atoms with E-state index in [9.17, 15) is 0 Å². The molecule has 100 valence electrons. The summed E-state index contributed by atoms with van der Waals surface area (Å²) in [5, 5.41) is 4.65. The number of ether oxygens (including phenoxy) is 1. The zero-order chi connectivity index (χ0) is 12.6. The quantitative estimate of drug-likeness (QED) is 0.894. The second kappa shape index (κ2) is 4.91. The van der Waals surface area contributed by atoms with Gasteiger partial charge in [-0.25, -0.2) is 4.98 Å². The van der Waals surface area contributed by atoms with Crippen molar-refractivity contribution in [1.82, 2.24) is 10.3 Å². The first-order chi connectivity index (χ1) is 8.73. The molecule has 0 saturated heterocycles. The van der Waals surface area contributed by atoms with Gasteiger partial charge in [0.25, 0.3) is 0 Å². The largest absolute Gasteiger partial charge is 0.371 e. The first-order valence-electron chi connectivity index (χ1n) is 6.98. The molecule has 0 amide bonds. The average Bonchev–Trinajstić information content (AvgIpc) is 2.84. The van der Waals surface area contributed by atoms with Gasteiger partial charge in [-0.05, 0) is 31.6 Å². The first-order valence-corrected chi connectivity index (χ1v) is 7.80. The molecule has 1 aliphatic heterocycles. The molecule has 0 radical (unpaired) electrons. The molecule has 1 fully saturated rings. The standard InChI is InChI=1S/C14H22N2OS/c1-10-3-6-14(17-2,7-4-10)13-16-11-5-8-15-9-12(11)18-13/h10,15H,3-9H2,1-2H3. The third-order valence-electron chi connectivity index (χ3n) is 4.46. The molecular weight excluding hydrogens is 244 g/mol. The van der Waals surface area contributed by atoms with Crippen LogP contribution in [0.15, 0.2) is 0 Å². The summed E-state index contributed by atoms with van der Waals surface area (Å²) in [7, 11) is 1.86. The van der Waals surface area contributed by atoms with Gasteiger partial charge in [-0.2, -0.15) is 0 Å². The highest BCUT2D eigenvalue weighted by atomic mass is 32.1. The summed E-state index contributed by atoms with van der Waals surface area (Å²) >= 11 is 1.87. The zero-order valence-corrected chi connectivity index (χ0v) is 12.1. The molecule has 2 heterocycles. The Hall–Kier alpha value is -0.450. The van der Waals surface area contributed by atoms with Crippen molar-refractivity contribution in [2.75, 3.05) is 13.7 Å². The first kappa shape index (κ1) is 12.6. The van der Waals surface area contributed by atoms with E-state index in [4.69, 9.17) is 9.72 Å². The number of nitrogens with zero attached hydrogens (tertiary/aromatic N) is 1. The average molecular weight is 266 g/mol. The van der Waals surface area contributed by atoms with E-state index in [1.165, 1.54) is 28.4 Å². The maximum atomic E-state index is 5.92. The molecule has 0 bridgehead atoms. The lowest BCUT2D eigenvalue weighted by Crippen LogP contribution is -2.33. The minimum Gasteiger partial charge on any atom is -0.371 e. The van der Waals surface area contributed by atoms with Crippen molar-refractivity contribution in [3.63, 3.8) is 0 Å². The maximum absolute atomic E-state index is 5.92. The molecule has 3 nitrogen and oxygen atoms in total. The molecule has 1 aromatic heterocycles. The van der Waals surface area contributed by atoms with Gasteiger partial charge in [0.15, 0.2) is 0 Å². The number of thiazole rings is 1. The second-order valence-electron chi connectivity index (χ2n) is 5.70. The fourth-order valence-electron chi connectivity index (χ4n) is 3.05. The van der Waals surface area contributed by atoms with Gasteiger partial charge < -0.3 is 10.1 Å². The van der Waals surface area contributed by atoms with Gasteiger partial charge in [0.1, 0.15) is 10.6 Å². The van der Waals surface area contributed by atoms with Gasteiger partial charge in [0.2, 0.25) is 0 Å². The van der Waals surface area contributed by atoms with Crippen LogP contribution in [-0.2, 0) is 23.3 Å². The van der Waals surface area contributed by atoms with Crippen LogP contribution >= 0.6 is 11.3 Å². The van der Waals surface area contributed by atoms with Crippen LogP contribution in [0.4, 0.5) is 0 Å². The van der Waals surface area contributed by atoms with Gasteiger partial charge in [0.05, 0.1) is 5.69 Å². The lowest BCUT2D eigenvalue weighted by Gasteiger charge is -2.36. The van der Waals surface area contributed by atoms with Crippen LogP contribution in [0.2, 0.25) is 0 Å². The number of rotatable bonds is 2. The van der Waals surface area contributed by atoms with Crippen molar-refractivity contribution in [1.29, 1.82) is 0 Å². The highest BCUT2D eigenvalue weighted by Crippen LogP contribution is 2.44. The normalized spacial score (nSPS) is 32.2. The zero-order valence-electron chi connectivity index (χ0n) is 11.3. The molecule has 0 atom stereocenters. The van der Waals surface area contributed by atoms with Crippen LogP contribution in [0.5, 0.6) is 0 Å². The fourth-order valence-corrected chi connectivity index (χ4v) is 4.36. The predicted molar refractivity (Wildman–Crippen MR) is 73.8 cm³/mol. The van der Waals surface area contributed by atoms with E-state index in [-0.39, 0.29) is 5.60 Å². The molecule has 3 rings (SSSR count). The number of hydrogen-bond donors (Lipinski definition) is 1. The number of nitrogens with one attached hydrogen (secondary N) is 1. The second-order valence-corrected chi connectivity index (χ2v) is 6.78. The summed E-state index contributed by atoms with van der Waals surface area (Å²) in [4.78, 5) is 6.32. The Morgan fingerprint density at radius 1 is 1.39 bits per heavy atom. The highest BCUT2D eigenvalue weighted by Gasteiger charge is 2.39. The molecule has 0 spiro atoms. The summed E-state index contributed by atoms with van der Waals surface area (Å²) in [6.07, 6.45) is 5.85. The third-order valence-corrected chi connectivity index (χ3v) is 5.75. The van der Waals surface area contributed by atoms with Crippen LogP contribution in [0.25, 0.3) is 0 Å². The van der Waals surface area contributed by atoms with E-state index in [2.05, 4.69) is 12.2 Å². The maximum Gasteiger partial charge on any atom is 0.125 e. The molecule has 0 unspecified atom stereocenters. The number of fused-ring (bicyclic) bond motifs is 1. The SMILES string of the molecule is COC1(c2nc3c(s2)CNCC3)CCC(C)CC1. The van der Waals surface area contributed by atoms with E-state index < -0.39 is 0 Å². The molecule has 0 aromatic carbocycles. The van der Waals surface area contributed by atoms with Crippen molar-refractivity contribution in [2.45, 2.75) is 51.2 Å². The summed E-state index contributed by atoms with van der Waals surface area (Å²) in [5.41, 5.74) is 1.22. The highest BCUT2D eigenvalue weighted by molar-refractivity contribution is 7.11. The van der Waals surface area contributed by atoms with Crippen molar-refractivity contribution in [3.05, 3.63) is 15.6 Å². The summed E-state index contributed by atoms with van der Waals surface area (Å²) < 4.78 is 5.92. The molecule has 4 heteroatoms. The van der Waals surface area contributed by atoms with Gasteiger partial charge in [-0.3, -0.25) is 0 Å². The molecule has 1 aromatic rings. The molecular formula is C14H22N2OS. The molecule has 1 N–H and O–H groups in total. The Morgan fingerprint density at radius 2 is 2.17 bits per heavy atom. The van der Waals surface area contributed by atoms with Crippen LogP contribution < -0.4 is 5.32 Å². The van der Waals surface area contributed by atoms with Crippen LogP contribution in [0, 0.1) is 5.92 Å². The minimum absolute atomic E-state index is 0.0888. The Kier molecular flexibility index (Phi) is 3.43. The van der Waals surface area contributed by atoms with Crippen molar-refractivity contribution < 1.29 is 4.74 Å². The van der Waals surface area contributed by atoms with Crippen molar-refractivity contribution in [2.24, 2.45) is 5.92 Å². The lowest BCUT2D eigenvalue weighted by atomic mass is 9.80. The third kappa shape index (κ3) is 2.10. The number of methoxy groups -OCH3 is 1. The predicted octanol–water partition coefficient (Wildman–Crippen LogP) is 2.84. The van der Waals surface area contributed by atoms with Crippen LogP contribution in [0.1, 0.15) is 48.2 Å². The molecule has 1 saturated carbocycles. The fraction of sp³-hybridized carbons (Fsp3) is 0.786. The lowest BCUT2D eigenvalue weighted by molar-refractivity contribution is -0.0531. The van der Waals surface area contributed by atoms with Gasteiger partial charge >= 0.3 is 0 Å². The number of aromatic nitrogens is 1.